The molecule has 3 amide bonds. The molecule has 0 bridgehead atoms. The van der Waals surface area contributed by atoms with E-state index in [1.807, 2.05) is 26.0 Å². The van der Waals surface area contributed by atoms with Gasteiger partial charge in [-0.3, -0.25) is 14.5 Å². The third kappa shape index (κ3) is 7.61. The number of benzene rings is 1. The first kappa shape index (κ1) is 26.0. The molecular formula is C23H33N3O5. The van der Waals surface area contributed by atoms with Gasteiger partial charge in [0.25, 0.3) is 5.91 Å². The van der Waals surface area contributed by atoms with Crippen LogP contribution in [0.1, 0.15) is 57.4 Å². The number of hydrogen-bond acceptors (Lipinski definition) is 5. The average molecular weight is 432 g/mol. The summed E-state index contributed by atoms with van der Waals surface area (Å²) in [7, 11) is 0. The molecule has 3 N–H and O–H groups in total. The first-order valence-corrected chi connectivity index (χ1v) is 10.1. The van der Waals surface area contributed by atoms with Gasteiger partial charge in [0.2, 0.25) is 5.91 Å². The lowest BCUT2D eigenvalue weighted by atomic mass is 9.96. The molecule has 1 aromatic carbocycles. The van der Waals surface area contributed by atoms with Gasteiger partial charge in [0.1, 0.15) is 17.7 Å². The molecule has 0 aliphatic carbocycles. The lowest BCUT2D eigenvalue weighted by Gasteiger charge is -2.31. The molecule has 0 saturated carbocycles. The van der Waals surface area contributed by atoms with Crippen LogP contribution in [-0.2, 0) is 14.3 Å². The van der Waals surface area contributed by atoms with Crippen LogP contribution in [0.25, 0.3) is 0 Å². The van der Waals surface area contributed by atoms with Crippen molar-refractivity contribution in [3.63, 3.8) is 0 Å². The molecule has 2 atom stereocenters. The van der Waals surface area contributed by atoms with Crippen LogP contribution in [0.4, 0.5) is 4.79 Å². The number of nitrogens with zero attached hydrogens (tertiary/aromatic N) is 1. The van der Waals surface area contributed by atoms with Gasteiger partial charge in [0, 0.05) is 12.1 Å². The summed E-state index contributed by atoms with van der Waals surface area (Å²) < 4.78 is 5.15. The SMILES string of the molecule is C#CN(C(=O)C(CO)NC(=O)OC(C)(C)C)C(C(=O)NC(C)C)c1ccc(C)cc1C. The normalized spacial score (nSPS) is 13.0. The fraction of sp³-hybridized carbons (Fsp3) is 0.522. The molecule has 0 radical (unpaired) electrons. The van der Waals surface area contributed by atoms with E-state index in [0.717, 1.165) is 16.0 Å². The molecule has 1 aromatic rings. The van der Waals surface area contributed by atoms with E-state index in [4.69, 9.17) is 11.2 Å². The molecule has 0 aromatic heterocycles. The Morgan fingerprint density at radius 1 is 1.19 bits per heavy atom. The van der Waals surface area contributed by atoms with Crippen molar-refractivity contribution in [2.75, 3.05) is 6.61 Å². The lowest BCUT2D eigenvalue weighted by Crippen LogP contribution is -2.53. The molecule has 170 valence electrons. The van der Waals surface area contributed by atoms with Gasteiger partial charge >= 0.3 is 6.09 Å². The van der Waals surface area contributed by atoms with Crippen LogP contribution >= 0.6 is 0 Å². The van der Waals surface area contributed by atoms with Gasteiger partial charge in [-0.1, -0.05) is 30.2 Å². The van der Waals surface area contributed by atoms with Crippen molar-refractivity contribution < 1.29 is 24.2 Å². The highest BCUT2D eigenvalue weighted by Gasteiger charge is 2.36. The highest BCUT2D eigenvalue weighted by atomic mass is 16.6. The zero-order valence-corrected chi connectivity index (χ0v) is 19.3. The van der Waals surface area contributed by atoms with Crippen LogP contribution in [0.5, 0.6) is 0 Å². The van der Waals surface area contributed by atoms with Crippen molar-refractivity contribution in [1.29, 1.82) is 0 Å². The molecule has 0 fully saturated rings. The standard InChI is InChI=1S/C23H33N3O5/c1-9-26(21(29)18(13-27)25-22(30)31-23(6,7)8)19(20(28)24-14(2)3)17-11-10-15(4)12-16(17)5/h1,10-12,14,18-19,27H,13H2,2-8H3,(H,24,28)(H,25,30). The van der Waals surface area contributed by atoms with Crippen molar-refractivity contribution in [2.45, 2.75) is 72.2 Å². The van der Waals surface area contributed by atoms with E-state index >= 15 is 0 Å². The molecule has 0 aliphatic heterocycles. The van der Waals surface area contributed by atoms with Gasteiger partial charge in [-0.15, -0.1) is 0 Å². The van der Waals surface area contributed by atoms with Gasteiger partial charge in [0.15, 0.2) is 0 Å². The Hall–Kier alpha value is -3.05. The largest absolute Gasteiger partial charge is 0.444 e. The maximum Gasteiger partial charge on any atom is 0.408 e. The summed E-state index contributed by atoms with van der Waals surface area (Å²) in [6.07, 6.45) is 4.75. The maximum absolute atomic E-state index is 13.2. The average Bonchev–Trinajstić information content (AvgIpc) is 2.62. The van der Waals surface area contributed by atoms with E-state index in [1.54, 1.807) is 40.7 Å². The van der Waals surface area contributed by atoms with Crippen LogP contribution < -0.4 is 10.6 Å². The second-order valence-electron chi connectivity index (χ2n) is 8.64. The van der Waals surface area contributed by atoms with Crippen molar-refractivity contribution in [3.8, 4) is 12.5 Å². The monoisotopic (exact) mass is 431 g/mol. The second kappa shape index (κ2) is 10.8. The first-order chi connectivity index (χ1) is 14.3. The topological polar surface area (TPSA) is 108 Å². The number of aryl methyl sites for hydroxylation is 2. The Morgan fingerprint density at radius 2 is 1.81 bits per heavy atom. The lowest BCUT2D eigenvalue weighted by molar-refractivity contribution is -0.139. The highest BCUT2D eigenvalue weighted by Crippen LogP contribution is 2.26. The zero-order valence-electron chi connectivity index (χ0n) is 19.3. The molecule has 0 saturated heterocycles. The summed E-state index contributed by atoms with van der Waals surface area (Å²) in [4.78, 5) is 39.2. The number of nitrogens with one attached hydrogen (secondary N) is 2. The van der Waals surface area contributed by atoms with E-state index < -0.39 is 42.2 Å². The third-order valence-electron chi connectivity index (χ3n) is 4.21. The maximum atomic E-state index is 13.2. The number of aliphatic hydroxyl groups is 1. The number of terminal acetylenes is 1. The summed E-state index contributed by atoms with van der Waals surface area (Å²) in [5.41, 5.74) is 1.52. The minimum Gasteiger partial charge on any atom is -0.444 e. The number of rotatable bonds is 7. The Balaban J connectivity index is 3.33. The van der Waals surface area contributed by atoms with Gasteiger partial charge in [-0.2, -0.15) is 0 Å². The molecule has 0 heterocycles. The minimum atomic E-state index is -1.38. The van der Waals surface area contributed by atoms with Crippen LogP contribution in [0.15, 0.2) is 18.2 Å². The fourth-order valence-corrected chi connectivity index (χ4v) is 2.96. The predicted molar refractivity (Wildman–Crippen MR) is 118 cm³/mol. The third-order valence-corrected chi connectivity index (χ3v) is 4.21. The zero-order chi connectivity index (χ0) is 23.9. The summed E-state index contributed by atoms with van der Waals surface area (Å²) in [6.45, 7) is 11.6. The molecule has 1 rings (SSSR count). The summed E-state index contributed by atoms with van der Waals surface area (Å²) in [5.74, 6) is -1.28. The van der Waals surface area contributed by atoms with Crippen LogP contribution in [0, 0.1) is 26.3 Å². The minimum absolute atomic E-state index is 0.191. The van der Waals surface area contributed by atoms with Crippen LogP contribution in [0.2, 0.25) is 0 Å². The van der Waals surface area contributed by atoms with E-state index in [-0.39, 0.29) is 6.04 Å². The molecule has 2 unspecified atom stereocenters. The van der Waals surface area contributed by atoms with E-state index in [1.165, 1.54) is 0 Å². The quantitative estimate of drug-likeness (QED) is 0.453. The van der Waals surface area contributed by atoms with Crippen molar-refractivity contribution >= 4 is 17.9 Å². The molecular weight excluding hydrogens is 398 g/mol. The number of alkyl carbamates (subject to hydrolysis) is 1. The summed E-state index contributed by atoms with van der Waals surface area (Å²) in [5, 5.41) is 14.8. The smallest absolute Gasteiger partial charge is 0.408 e. The number of ether oxygens (including phenoxy) is 1. The number of aliphatic hydroxyl groups excluding tert-OH is 1. The van der Waals surface area contributed by atoms with E-state index in [2.05, 4.69) is 16.7 Å². The van der Waals surface area contributed by atoms with Crippen molar-refractivity contribution in [3.05, 3.63) is 34.9 Å². The van der Waals surface area contributed by atoms with Gasteiger partial charge in [-0.05, 0) is 59.6 Å². The fourth-order valence-electron chi connectivity index (χ4n) is 2.96. The molecule has 31 heavy (non-hydrogen) atoms. The van der Waals surface area contributed by atoms with Crippen LogP contribution in [0.3, 0.4) is 0 Å². The van der Waals surface area contributed by atoms with Crippen molar-refractivity contribution in [1.82, 2.24) is 15.5 Å². The number of carbonyl (C=O) groups excluding carboxylic acids is 3. The van der Waals surface area contributed by atoms with Crippen LogP contribution in [-0.4, -0.2) is 52.2 Å². The molecule has 8 nitrogen and oxygen atoms in total. The van der Waals surface area contributed by atoms with E-state index in [9.17, 15) is 19.5 Å². The van der Waals surface area contributed by atoms with Crippen molar-refractivity contribution in [2.24, 2.45) is 0 Å². The number of hydrogen-bond donors (Lipinski definition) is 3. The Kier molecular flexibility index (Phi) is 9.07. The molecule has 8 heteroatoms. The van der Waals surface area contributed by atoms with Gasteiger partial charge in [0.05, 0.1) is 6.61 Å². The number of carbonyl (C=O) groups is 3. The first-order valence-electron chi connectivity index (χ1n) is 10.1. The summed E-state index contributed by atoms with van der Waals surface area (Å²) in [6, 6.07) is 4.97. The Labute approximate surface area is 184 Å². The summed E-state index contributed by atoms with van der Waals surface area (Å²) >= 11 is 0. The molecule has 0 spiro atoms. The Bertz CT molecular complexity index is 852. The molecule has 0 aliphatic rings. The second-order valence-corrected chi connectivity index (χ2v) is 8.64. The predicted octanol–water partition coefficient (Wildman–Crippen LogP) is 2.17. The number of amides is 3. The van der Waals surface area contributed by atoms with Gasteiger partial charge in [-0.25, -0.2) is 4.79 Å². The highest BCUT2D eigenvalue weighted by molar-refractivity contribution is 5.93. The van der Waals surface area contributed by atoms with Gasteiger partial charge < -0.3 is 20.5 Å². The Morgan fingerprint density at radius 3 is 2.26 bits per heavy atom. The van der Waals surface area contributed by atoms with E-state index in [0.29, 0.717) is 5.56 Å².